The number of para-hydroxylation sites is 1. The van der Waals surface area contributed by atoms with Gasteiger partial charge in [0.1, 0.15) is 5.75 Å². The first kappa shape index (κ1) is 19.7. The number of aryl methyl sites for hydroxylation is 1. The fraction of sp³-hybridized carbons (Fsp3) is 0.562. The molecule has 0 aliphatic heterocycles. The average Bonchev–Trinajstić information content (AvgIpc) is 2.40. The van der Waals surface area contributed by atoms with E-state index in [1.807, 2.05) is 38.1 Å². The van der Waals surface area contributed by atoms with E-state index in [1.165, 1.54) is 0 Å². The molecule has 1 aromatic carbocycles. The number of hydrogen-bond donors (Lipinski definition) is 2. The van der Waals surface area contributed by atoms with Crippen molar-refractivity contribution in [1.29, 1.82) is 0 Å². The van der Waals surface area contributed by atoms with Crippen molar-refractivity contribution in [1.82, 2.24) is 5.32 Å². The molecule has 4 nitrogen and oxygen atoms in total. The topological polar surface area (TPSA) is 64.4 Å². The molecule has 120 valence electrons. The minimum atomic E-state index is -0.772. The number of ether oxygens (including phenoxy) is 1. The van der Waals surface area contributed by atoms with E-state index in [1.54, 1.807) is 6.92 Å². The van der Waals surface area contributed by atoms with E-state index < -0.39 is 5.54 Å². The first-order valence-electron chi connectivity index (χ1n) is 7.23. The molecule has 3 N–H and O–H groups in total. The van der Waals surface area contributed by atoms with Gasteiger partial charge in [-0.3, -0.25) is 4.79 Å². The summed E-state index contributed by atoms with van der Waals surface area (Å²) in [6, 6.07) is 7.90. The zero-order chi connectivity index (χ0) is 15.0. The molecular formula is C16H27ClN2O2. The number of nitrogens with one attached hydrogen (secondary N) is 1. The van der Waals surface area contributed by atoms with E-state index in [2.05, 4.69) is 5.32 Å². The highest BCUT2D eigenvalue weighted by atomic mass is 35.5. The SMILES string of the molecule is CCCC(C)(N)C(=O)NCCCOc1ccccc1C.Cl. The van der Waals surface area contributed by atoms with E-state index in [0.29, 0.717) is 19.6 Å². The van der Waals surface area contributed by atoms with Gasteiger partial charge < -0.3 is 15.8 Å². The maximum atomic E-state index is 11.9. The fourth-order valence-electron chi connectivity index (χ4n) is 2.01. The van der Waals surface area contributed by atoms with Crippen molar-refractivity contribution >= 4 is 18.3 Å². The van der Waals surface area contributed by atoms with Crippen LogP contribution in [0, 0.1) is 6.92 Å². The molecule has 0 saturated carbocycles. The Morgan fingerprint density at radius 1 is 1.38 bits per heavy atom. The monoisotopic (exact) mass is 314 g/mol. The lowest BCUT2D eigenvalue weighted by Gasteiger charge is -2.22. The summed E-state index contributed by atoms with van der Waals surface area (Å²) < 4.78 is 5.67. The van der Waals surface area contributed by atoms with Gasteiger partial charge in [-0.25, -0.2) is 0 Å². The maximum absolute atomic E-state index is 11.9. The van der Waals surface area contributed by atoms with Crippen LogP contribution in [-0.2, 0) is 4.79 Å². The van der Waals surface area contributed by atoms with Crippen LogP contribution >= 0.6 is 12.4 Å². The third kappa shape index (κ3) is 6.82. The fourth-order valence-corrected chi connectivity index (χ4v) is 2.01. The van der Waals surface area contributed by atoms with Crippen molar-refractivity contribution in [2.45, 2.75) is 45.6 Å². The molecule has 0 spiro atoms. The van der Waals surface area contributed by atoms with Gasteiger partial charge in [-0.2, -0.15) is 0 Å². The van der Waals surface area contributed by atoms with Crippen LogP contribution in [0.5, 0.6) is 5.75 Å². The Morgan fingerprint density at radius 3 is 2.67 bits per heavy atom. The molecule has 0 saturated heterocycles. The van der Waals surface area contributed by atoms with E-state index in [4.69, 9.17) is 10.5 Å². The third-order valence-electron chi connectivity index (χ3n) is 3.25. The van der Waals surface area contributed by atoms with E-state index >= 15 is 0 Å². The minimum Gasteiger partial charge on any atom is -0.493 e. The maximum Gasteiger partial charge on any atom is 0.239 e. The van der Waals surface area contributed by atoms with E-state index in [-0.39, 0.29) is 18.3 Å². The molecule has 0 aliphatic rings. The summed E-state index contributed by atoms with van der Waals surface area (Å²) in [5.41, 5.74) is 6.30. The Bertz CT molecular complexity index is 436. The van der Waals surface area contributed by atoms with Crippen LogP contribution in [0.15, 0.2) is 24.3 Å². The number of hydrogen-bond acceptors (Lipinski definition) is 3. The molecule has 1 rings (SSSR count). The second-order valence-corrected chi connectivity index (χ2v) is 5.39. The largest absolute Gasteiger partial charge is 0.493 e. The standard InChI is InChI=1S/C16H26N2O2.ClH/c1-4-10-16(3,17)15(19)18-11-7-12-20-14-9-6-5-8-13(14)2;/h5-6,8-9H,4,7,10-12,17H2,1-3H3,(H,18,19);1H. The van der Waals surface area contributed by atoms with Crippen molar-refractivity contribution in [3.63, 3.8) is 0 Å². The minimum absolute atomic E-state index is 0. The van der Waals surface area contributed by atoms with Crippen molar-refractivity contribution in [2.75, 3.05) is 13.2 Å². The Kier molecular flexibility index (Phi) is 9.06. The predicted molar refractivity (Wildman–Crippen MR) is 89.0 cm³/mol. The van der Waals surface area contributed by atoms with Crippen LogP contribution in [0.4, 0.5) is 0 Å². The average molecular weight is 315 g/mol. The van der Waals surface area contributed by atoms with Gasteiger partial charge in [-0.15, -0.1) is 12.4 Å². The molecule has 0 aromatic heterocycles. The van der Waals surface area contributed by atoms with Crippen molar-refractivity contribution < 1.29 is 9.53 Å². The van der Waals surface area contributed by atoms with Crippen LogP contribution in [0.3, 0.4) is 0 Å². The summed E-state index contributed by atoms with van der Waals surface area (Å²) in [4.78, 5) is 11.9. The summed E-state index contributed by atoms with van der Waals surface area (Å²) in [7, 11) is 0. The molecule has 1 atom stereocenters. The highest BCUT2D eigenvalue weighted by Gasteiger charge is 2.26. The molecule has 0 heterocycles. The van der Waals surface area contributed by atoms with E-state index in [0.717, 1.165) is 24.2 Å². The van der Waals surface area contributed by atoms with Crippen LogP contribution in [0.1, 0.15) is 38.7 Å². The normalized spacial score (nSPS) is 13.0. The molecule has 0 radical (unpaired) electrons. The summed E-state index contributed by atoms with van der Waals surface area (Å²) in [5.74, 6) is 0.809. The van der Waals surface area contributed by atoms with Gasteiger partial charge in [0.05, 0.1) is 12.1 Å². The lowest BCUT2D eigenvalue weighted by molar-refractivity contribution is -0.126. The lowest BCUT2D eigenvalue weighted by Crippen LogP contribution is -2.51. The number of rotatable bonds is 8. The molecule has 0 fully saturated rings. The second-order valence-electron chi connectivity index (χ2n) is 5.39. The molecule has 1 aromatic rings. The summed E-state index contributed by atoms with van der Waals surface area (Å²) >= 11 is 0. The van der Waals surface area contributed by atoms with Crippen molar-refractivity contribution in [3.8, 4) is 5.75 Å². The van der Waals surface area contributed by atoms with Crippen LogP contribution in [0.2, 0.25) is 0 Å². The Morgan fingerprint density at radius 2 is 2.05 bits per heavy atom. The number of halogens is 1. The molecule has 0 bridgehead atoms. The number of carbonyl (C=O) groups is 1. The zero-order valence-corrected chi connectivity index (χ0v) is 14.0. The molecule has 21 heavy (non-hydrogen) atoms. The predicted octanol–water partition coefficient (Wildman–Crippen LogP) is 2.82. The van der Waals surface area contributed by atoms with Crippen LogP contribution < -0.4 is 15.8 Å². The van der Waals surface area contributed by atoms with Crippen LogP contribution in [0.25, 0.3) is 0 Å². The van der Waals surface area contributed by atoms with Gasteiger partial charge in [-0.1, -0.05) is 31.5 Å². The van der Waals surface area contributed by atoms with E-state index in [9.17, 15) is 4.79 Å². The summed E-state index contributed by atoms with van der Waals surface area (Å²) in [6.45, 7) is 6.98. The van der Waals surface area contributed by atoms with Crippen LogP contribution in [-0.4, -0.2) is 24.6 Å². The lowest BCUT2D eigenvalue weighted by atomic mass is 9.96. The van der Waals surface area contributed by atoms with Gasteiger partial charge in [0.15, 0.2) is 0 Å². The molecular weight excluding hydrogens is 288 g/mol. The first-order valence-corrected chi connectivity index (χ1v) is 7.23. The number of benzene rings is 1. The highest BCUT2D eigenvalue weighted by Crippen LogP contribution is 2.16. The highest BCUT2D eigenvalue weighted by molar-refractivity contribution is 5.85. The zero-order valence-electron chi connectivity index (χ0n) is 13.1. The molecule has 1 unspecified atom stereocenters. The molecule has 0 aliphatic carbocycles. The molecule has 5 heteroatoms. The first-order chi connectivity index (χ1) is 9.47. The quantitative estimate of drug-likeness (QED) is 0.725. The van der Waals surface area contributed by atoms with Gasteiger partial charge in [0.25, 0.3) is 0 Å². The number of amides is 1. The van der Waals surface area contributed by atoms with Gasteiger partial charge in [0, 0.05) is 6.54 Å². The smallest absolute Gasteiger partial charge is 0.239 e. The molecule has 1 amide bonds. The third-order valence-corrected chi connectivity index (χ3v) is 3.25. The summed E-state index contributed by atoms with van der Waals surface area (Å²) in [6.07, 6.45) is 2.36. The van der Waals surface area contributed by atoms with Gasteiger partial charge in [-0.05, 0) is 38.3 Å². The Balaban J connectivity index is 0.00000400. The number of nitrogens with two attached hydrogens (primary N) is 1. The Hall–Kier alpha value is -1.26. The van der Waals surface area contributed by atoms with Crippen molar-refractivity contribution in [2.24, 2.45) is 5.73 Å². The van der Waals surface area contributed by atoms with Crippen molar-refractivity contribution in [3.05, 3.63) is 29.8 Å². The van der Waals surface area contributed by atoms with Gasteiger partial charge in [0.2, 0.25) is 5.91 Å². The summed E-state index contributed by atoms with van der Waals surface area (Å²) in [5, 5.41) is 2.86. The van der Waals surface area contributed by atoms with Gasteiger partial charge >= 0.3 is 0 Å². The second kappa shape index (κ2) is 9.64. The Labute approximate surface area is 133 Å². The number of carbonyl (C=O) groups excluding carboxylic acids is 1.